The second-order valence-electron chi connectivity index (χ2n) is 6.12. The maximum Gasteiger partial charge on any atom is 0.125 e. The predicted molar refractivity (Wildman–Crippen MR) is 87.3 cm³/mol. The van der Waals surface area contributed by atoms with Crippen LogP contribution in [0.3, 0.4) is 0 Å². The first-order valence-corrected chi connectivity index (χ1v) is 8.08. The lowest BCUT2D eigenvalue weighted by Gasteiger charge is -2.34. The maximum absolute atomic E-state index is 13.4. The van der Waals surface area contributed by atoms with Crippen molar-refractivity contribution in [1.29, 1.82) is 0 Å². The van der Waals surface area contributed by atoms with Crippen molar-refractivity contribution >= 4 is 11.0 Å². The smallest absolute Gasteiger partial charge is 0.125 e. The van der Waals surface area contributed by atoms with E-state index in [1.807, 2.05) is 12.4 Å². The number of halogens is 1. The number of pyridine rings is 1. The Kier molecular flexibility index (Phi) is 3.79. The molecule has 3 heterocycles. The molecule has 1 atom stereocenters. The number of imidazole rings is 1. The predicted octanol–water partition coefficient (Wildman–Crippen LogP) is 3.82. The average molecular weight is 310 g/mol. The number of fused-ring (bicyclic) bond motifs is 1. The second kappa shape index (κ2) is 6.08. The van der Waals surface area contributed by atoms with Gasteiger partial charge in [0.25, 0.3) is 0 Å². The van der Waals surface area contributed by atoms with E-state index in [0.717, 1.165) is 36.4 Å². The molecule has 0 radical (unpaired) electrons. The molecule has 5 heteroatoms. The number of benzene rings is 1. The quantitative estimate of drug-likeness (QED) is 0.800. The van der Waals surface area contributed by atoms with E-state index in [0.29, 0.717) is 0 Å². The molecule has 0 aliphatic carbocycles. The third-order valence-corrected chi connectivity index (χ3v) is 4.53. The van der Waals surface area contributed by atoms with Crippen LogP contribution in [0, 0.1) is 5.82 Å². The Hall–Kier alpha value is -2.27. The van der Waals surface area contributed by atoms with Crippen molar-refractivity contribution < 1.29 is 4.39 Å². The molecule has 0 spiro atoms. The van der Waals surface area contributed by atoms with Crippen molar-refractivity contribution in [3.05, 3.63) is 59.9 Å². The molecule has 118 valence electrons. The Morgan fingerprint density at radius 3 is 2.91 bits per heavy atom. The molecule has 2 aromatic heterocycles. The van der Waals surface area contributed by atoms with Gasteiger partial charge in [-0.3, -0.25) is 9.88 Å². The van der Waals surface area contributed by atoms with Gasteiger partial charge in [-0.1, -0.05) is 6.42 Å². The van der Waals surface area contributed by atoms with Crippen LogP contribution in [0.2, 0.25) is 0 Å². The normalized spacial score (nSPS) is 19.3. The van der Waals surface area contributed by atoms with Gasteiger partial charge in [-0.25, -0.2) is 9.37 Å². The van der Waals surface area contributed by atoms with Gasteiger partial charge in [0.05, 0.1) is 17.1 Å². The molecule has 23 heavy (non-hydrogen) atoms. The summed E-state index contributed by atoms with van der Waals surface area (Å²) in [6, 6.07) is 9.08. The number of nitrogens with zero attached hydrogens (tertiary/aromatic N) is 3. The number of hydrogen-bond donors (Lipinski definition) is 1. The van der Waals surface area contributed by atoms with Gasteiger partial charge in [0.2, 0.25) is 0 Å². The van der Waals surface area contributed by atoms with Crippen LogP contribution in [-0.2, 0) is 6.54 Å². The van der Waals surface area contributed by atoms with Crippen LogP contribution in [0.25, 0.3) is 11.0 Å². The highest BCUT2D eigenvalue weighted by Crippen LogP contribution is 2.31. The molecule has 1 N–H and O–H groups in total. The van der Waals surface area contributed by atoms with Crippen LogP contribution < -0.4 is 0 Å². The molecule has 4 nitrogen and oxygen atoms in total. The van der Waals surface area contributed by atoms with E-state index in [1.165, 1.54) is 30.5 Å². The fraction of sp³-hybridized carbons (Fsp3) is 0.333. The summed E-state index contributed by atoms with van der Waals surface area (Å²) in [4.78, 5) is 14.5. The maximum atomic E-state index is 13.4. The van der Waals surface area contributed by atoms with E-state index in [2.05, 4.69) is 27.0 Å². The Morgan fingerprint density at radius 2 is 2.04 bits per heavy atom. The number of nitrogens with one attached hydrogen (secondary N) is 1. The summed E-state index contributed by atoms with van der Waals surface area (Å²) in [5.41, 5.74) is 2.86. The highest BCUT2D eigenvalue weighted by Gasteiger charge is 2.26. The first-order valence-electron chi connectivity index (χ1n) is 8.08. The summed E-state index contributed by atoms with van der Waals surface area (Å²) in [7, 11) is 0. The second-order valence-corrected chi connectivity index (χ2v) is 6.12. The summed E-state index contributed by atoms with van der Waals surface area (Å²) >= 11 is 0. The third-order valence-electron chi connectivity index (χ3n) is 4.53. The van der Waals surface area contributed by atoms with Crippen molar-refractivity contribution in [1.82, 2.24) is 19.9 Å². The van der Waals surface area contributed by atoms with Crippen LogP contribution in [0.4, 0.5) is 4.39 Å². The zero-order valence-corrected chi connectivity index (χ0v) is 12.9. The van der Waals surface area contributed by atoms with Gasteiger partial charge in [-0.15, -0.1) is 0 Å². The van der Waals surface area contributed by atoms with Crippen LogP contribution in [0.15, 0.2) is 42.7 Å². The number of hydrogen-bond acceptors (Lipinski definition) is 3. The number of H-pyrrole nitrogens is 1. The van der Waals surface area contributed by atoms with Crippen LogP contribution >= 0.6 is 0 Å². The van der Waals surface area contributed by atoms with E-state index in [4.69, 9.17) is 4.98 Å². The number of aromatic nitrogens is 3. The van der Waals surface area contributed by atoms with Gasteiger partial charge < -0.3 is 4.98 Å². The number of rotatable bonds is 3. The van der Waals surface area contributed by atoms with Crippen molar-refractivity contribution in [2.45, 2.75) is 31.8 Å². The van der Waals surface area contributed by atoms with E-state index in [9.17, 15) is 4.39 Å². The molecule has 1 fully saturated rings. The van der Waals surface area contributed by atoms with Gasteiger partial charge in [0, 0.05) is 18.9 Å². The molecule has 4 rings (SSSR count). The monoisotopic (exact) mass is 310 g/mol. The van der Waals surface area contributed by atoms with Crippen molar-refractivity contribution in [2.75, 3.05) is 6.54 Å². The summed E-state index contributed by atoms with van der Waals surface area (Å²) in [6.45, 7) is 1.94. The summed E-state index contributed by atoms with van der Waals surface area (Å²) in [5.74, 6) is 0.712. The molecule has 1 aliphatic heterocycles. The van der Waals surface area contributed by atoms with Gasteiger partial charge in [0.1, 0.15) is 11.6 Å². The topological polar surface area (TPSA) is 44.8 Å². The van der Waals surface area contributed by atoms with Gasteiger partial charge in [-0.05, 0) is 55.3 Å². The highest BCUT2D eigenvalue weighted by molar-refractivity contribution is 5.75. The van der Waals surface area contributed by atoms with Crippen molar-refractivity contribution in [3.8, 4) is 0 Å². The molecule has 1 aromatic carbocycles. The van der Waals surface area contributed by atoms with Crippen molar-refractivity contribution in [2.24, 2.45) is 0 Å². The molecule has 1 aliphatic rings. The van der Waals surface area contributed by atoms with Gasteiger partial charge in [0.15, 0.2) is 0 Å². The molecule has 3 aromatic rings. The minimum absolute atomic E-state index is 0.231. The van der Waals surface area contributed by atoms with Crippen LogP contribution in [-0.4, -0.2) is 26.4 Å². The molecule has 0 saturated carbocycles. The minimum atomic E-state index is -0.231. The molecule has 0 bridgehead atoms. The molecular formula is C18H19FN4. The third kappa shape index (κ3) is 2.97. The van der Waals surface area contributed by atoms with E-state index >= 15 is 0 Å². The fourth-order valence-corrected chi connectivity index (χ4v) is 3.37. The van der Waals surface area contributed by atoms with Crippen molar-refractivity contribution in [3.63, 3.8) is 0 Å². The Labute approximate surface area is 134 Å². The van der Waals surface area contributed by atoms with Gasteiger partial charge >= 0.3 is 0 Å². The summed E-state index contributed by atoms with van der Waals surface area (Å²) < 4.78 is 13.4. The standard InChI is InChI=1S/C18H19FN4/c19-14-4-5-15-16(11-14)22-18(21-15)17-3-1-2-10-23(17)12-13-6-8-20-9-7-13/h4-9,11,17H,1-3,10,12H2,(H,21,22)/t17-/m0/s1. The van der Waals surface area contributed by atoms with E-state index < -0.39 is 0 Å². The van der Waals surface area contributed by atoms with Crippen LogP contribution in [0.5, 0.6) is 0 Å². The molecule has 0 amide bonds. The van der Waals surface area contributed by atoms with Crippen LogP contribution in [0.1, 0.15) is 36.7 Å². The minimum Gasteiger partial charge on any atom is -0.341 e. The Bertz CT molecular complexity index is 799. The van der Waals surface area contributed by atoms with Gasteiger partial charge in [-0.2, -0.15) is 0 Å². The fourth-order valence-electron chi connectivity index (χ4n) is 3.37. The molecule has 0 unspecified atom stereocenters. The average Bonchev–Trinajstić information content (AvgIpc) is 2.99. The zero-order valence-electron chi connectivity index (χ0n) is 12.9. The first kappa shape index (κ1) is 14.3. The number of likely N-dealkylation sites (tertiary alicyclic amines) is 1. The first-order chi connectivity index (χ1) is 11.3. The summed E-state index contributed by atoms with van der Waals surface area (Å²) in [6.07, 6.45) is 7.14. The molecular weight excluding hydrogens is 291 g/mol. The lowest BCUT2D eigenvalue weighted by molar-refractivity contribution is 0.134. The summed E-state index contributed by atoms with van der Waals surface area (Å²) in [5, 5.41) is 0. The lowest BCUT2D eigenvalue weighted by atomic mass is 10.0. The Morgan fingerprint density at radius 1 is 1.17 bits per heavy atom. The largest absolute Gasteiger partial charge is 0.341 e. The highest BCUT2D eigenvalue weighted by atomic mass is 19.1. The molecule has 1 saturated heterocycles. The lowest BCUT2D eigenvalue weighted by Crippen LogP contribution is -2.33. The zero-order chi connectivity index (χ0) is 15.6. The van der Waals surface area contributed by atoms with E-state index in [1.54, 1.807) is 6.07 Å². The Balaban J connectivity index is 1.63. The van der Waals surface area contributed by atoms with E-state index in [-0.39, 0.29) is 11.9 Å². The number of aromatic amines is 1. The SMILES string of the molecule is Fc1ccc2nc([C@@H]3CCCCN3Cc3ccncc3)[nH]c2c1. The number of piperidine rings is 1.